The molecule has 0 fully saturated rings. The molecular weight excluding hydrogens is 435 g/mol. The second-order valence-electron chi connectivity index (χ2n) is 6.67. The molecule has 6 nitrogen and oxygen atoms in total. The van der Waals surface area contributed by atoms with Crippen molar-refractivity contribution in [2.24, 2.45) is 0 Å². The topological polar surface area (TPSA) is 79.3 Å². The van der Waals surface area contributed by atoms with E-state index in [0.717, 1.165) is 24.3 Å². The van der Waals surface area contributed by atoms with Crippen LogP contribution >= 0.6 is 0 Å². The fraction of sp³-hybridized carbons (Fsp3) is 0.238. The Morgan fingerprint density at radius 3 is 2.38 bits per heavy atom. The second-order valence-corrected chi connectivity index (χ2v) is 6.67. The molecule has 3 N–H and O–H groups in total. The number of alkyl halides is 3. The second kappa shape index (κ2) is 10.2. The van der Waals surface area contributed by atoms with Crippen molar-refractivity contribution in [2.75, 3.05) is 23.8 Å². The van der Waals surface area contributed by atoms with E-state index in [1.54, 1.807) is 6.07 Å². The van der Waals surface area contributed by atoms with Crippen LogP contribution in [0.5, 0.6) is 5.75 Å². The van der Waals surface area contributed by atoms with Crippen molar-refractivity contribution in [3.63, 3.8) is 0 Å². The predicted molar refractivity (Wildman–Crippen MR) is 108 cm³/mol. The molecule has 0 amide bonds. The molecule has 0 aliphatic heterocycles. The summed E-state index contributed by atoms with van der Waals surface area (Å²) in [6, 6.07) is 9.85. The van der Waals surface area contributed by atoms with Gasteiger partial charge in [0.2, 0.25) is 5.95 Å². The van der Waals surface area contributed by atoms with Crippen LogP contribution in [-0.4, -0.2) is 34.6 Å². The summed E-state index contributed by atoms with van der Waals surface area (Å²) in [5, 5.41) is 14.8. The van der Waals surface area contributed by atoms with Crippen molar-refractivity contribution in [2.45, 2.75) is 19.3 Å². The Morgan fingerprint density at radius 1 is 0.938 bits per heavy atom. The Bertz CT molecular complexity index is 1040. The van der Waals surface area contributed by atoms with E-state index in [0.29, 0.717) is 24.1 Å². The van der Waals surface area contributed by atoms with Gasteiger partial charge in [-0.05, 0) is 36.2 Å². The smallest absolute Gasteiger partial charge is 0.406 e. The van der Waals surface area contributed by atoms with Crippen LogP contribution in [0.4, 0.5) is 33.7 Å². The van der Waals surface area contributed by atoms with Gasteiger partial charge >= 0.3 is 6.36 Å². The van der Waals surface area contributed by atoms with E-state index in [1.165, 1.54) is 18.2 Å². The summed E-state index contributed by atoms with van der Waals surface area (Å²) in [5.74, 6) is -1.43. The van der Waals surface area contributed by atoms with Crippen LogP contribution in [0, 0.1) is 11.6 Å². The Morgan fingerprint density at radius 2 is 1.69 bits per heavy atom. The minimum absolute atomic E-state index is 0.0401. The number of rotatable bonds is 9. The van der Waals surface area contributed by atoms with Gasteiger partial charge in [0.1, 0.15) is 23.2 Å². The van der Waals surface area contributed by atoms with Gasteiger partial charge in [0, 0.05) is 37.4 Å². The lowest BCUT2D eigenvalue weighted by molar-refractivity contribution is -0.274. The van der Waals surface area contributed by atoms with Gasteiger partial charge in [-0.25, -0.2) is 13.8 Å². The normalized spacial score (nSPS) is 11.3. The molecule has 11 heteroatoms. The average molecular weight is 454 g/mol. The largest absolute Gasteiger partial charge is 0.573 e. The molecule has 0 saturated heterocycles. The molecule has 0 aliphatic carbocycles. The van der Waals surface area contributed by atoms with Crippen LogP contribution in [0.3, 0.4) is 0 Å². The van der Waals surface area contributed by atoms with Crippen LogP contribution in [-0.2, 0) is 6.54 Å². The average Bonchev–Trinajstić information content (AvgIpc) is 2.71. The number of hydrogen-bond acceptors (Lipinski definition) is 6. The number of halogens is 5. The number of benzene rings is 2. The summed E-state index contributed by atoms with van der Waals surface area (Å²) in [6.07, 6.45) is -4.41. The highest BCUT2D eigenvalue weighted by Crippen LogP contribution is 2.28. The molecule has 0 saturated carbocycles. The quantitative estimate of drug-likeness (QED) is 0.321. The predicted octanol–water partition coefficient (Wildman–Crippen LogP) is 4.73. The first-order valence-electron chi connectivity index (χ1n) is 9.51. The third-order valence-corrected chi connectivity index (χ3v) is 4.10. The van der Waals surface area contributed by atoms with E-state index in [4.69, 9.17) is 5.11 Å². The SMILES string of the molecule is OCCCNc1nc(NCc2cc(F)cc(F)c2)cc(-c2cccc(OC(F)(F)F)c2)n1. The van der Waals surface area contributed by atoms with Crippen molar-refractivity contribution in [1.82, 2.24) is 9.97 Å². The molecular formula is C21H19F5N4O2. The zero-order valence-corrected chi connectivity index (χ0v) is 16.6. The number of nitrogens with one attached hydrogen (secondary N) is 2. The molecule has 3 rings (SSSR count). The van der Waals surface area contributed by atoms with Crippen molar-refractivity contribution >= 4 is 11.8 Å². The molecule has 3 aromatic rings. The van der Waals surface area contributed by atoms with E-state index in [9.17, 15) is 22.0 Å². The van der Waals surface area contributed by atoms with Gasteiger partial charge in [-0.1, -0.05) is 12.1 Å². The lowest BCUT2D eigenvalue weighted by Gasteiger charge is -2.13. The summed E-state index contributed by atoms with van der Waals surface area (Å²) in [4.78, 5) is 8.55. The summed E-state index contributed by atoms with van der Waals surface area (Å²) >= 11 is 0. The minimum Gasteiger partial charge on any atom is -0.406 e. The van der Waals surface area contributed by atoms with E-state index in [2.05, 4.69) is 25.3 Å². The van der Waals surface area contributed by atoms with Gasteiger partial charge in [-0.15, -0.1) is 13.2 Å². The number of anilines is 2. The third-order valence-electron chi connectivity index (χ3n) is 4.10. The molecule has 0 atom stereocenters. The third kappa shape index (κ3) is 7.05. The monoisotopic (exact) mass is 454 g/mol. The van der Waals surface area contributed by atoms with Crippen molar-refractivity contribution in [3.8, 4) is 17.0 Å². The number of aliphatic hydroxyl groups excluding tert-OH is 1. The van der Waals surface area contributed by atoms with E-state index in [-0.39, 0.29) is 30.6 Å². The van der Waals surface area contributed by atoms with Gasteiger partial charge < -0.3 is 20.5 Å². The molecule has 32 heavy (non-hydrogen) atoms. The summed E-state index contributed by atoms with van der Waals surface area (Å²) in [7, 11) is 0. The maximum Gasteiger partial charge on any atom is 0.573 e. The summed E-state index contributed by atoms with van der Waals surface area (Å²) < 4.78 is 68.4. The highest BCUT2D eigenvalue weighted by Gasteiger charge is 2.31. The van der Waals surface area contributed by atoms with Gasteiger partial charge in [-0.3, -0.25) is 0 Å². The molecule has 1 aromatic heterocycles. The number of ether oxygens (including phenoxy) is 1. The van der Waals surface area contributed by atoms with Crippen LogP contribution in [0.1, 0.15) is 12.0 Å². The first-order chi connectivity index (χ1) is 15.2. The molecule has 0 spiro atoms. The van der Waals surface area contributed by atoms with Crippen LogP contribution in [0.2, 0.25) is 0 Å². The molecule has 1 heterocycles. The summed E-state index contributed by atoms with van der Waals surface area (Å²) in [6.45, 7) is 0.337. The molecule has 2 aromatic carbocycles. The number of aliphatic hydroxyl groups is 1. The zero-order valence-electron chi connectivity index (χ0n) is 16.6. The summed E-state index contributed by atoms with van der Waals surface area (Å²) in [5.41, 5.74) is 0.948. The van der Waals surface area contributed by atoms with Gasteiger partial charge in [-0.2, -0.15) is 4.98 Å². The van der Waals surface area contributed by atoms with Gasteiger partial charge in [0.25, 0.3) is 0 Å². The fourth-order valence-electron chi connectivity index (χ4n) is 2.80. The molecule has 0 aliphatic rings. The molecule has 170 valence electrons. The lowest BCUT2D eigenvalue weighted by atomic mass is 10.1. The fourth-order valence-corrected chi connectivity index (χ4v) is 2.80. The maximum absolute atomic E-state index is 13.4. The highest BCUT2D eigenvalue weighted by atomic mass is 19.4. The first kappa shape index (κ1) is 23.2. The van der Waals surface area contributed by atoms with E-state index >= 15 is 0 Å². The van der Waals surface area contributed by atoms with E-state index < -0.39 is 23.7 Å². The Labute approximate surface area is 180 Å². The molecule has 0 radical (unpaired) electrons. The Kier molecular flexibility index (Phi) is 7.41. The first-order valence-corrected chi connectivity index (χ1v) is 9.51. The standard InChI is InChI=1S/C21H19F5N4O2/c22-15-7-13(8-16(23)10-15)12-28-19-11-18(29-20(30-19)27-5-2-6-31)14-3-1-4-17(9-14)32-21(24,25)26/h1,3-4,7-11,31H,2,5-6,12H2,(H2,27,28,29,30). The maximum atomic E-state index is 13.4. The Balaban J connectivity index is 1.88. The number of nitrogens with zero attached hydrogens (tertiary/aromatic N) is 2. The van der Waals surface area contributed by atoms with Gasteiger partial charge in [0.05, 0.1) is 5.69 Å². The molecule has 0 unspecified atom stereocenters. The van der Waals surface area contributed by atoms with E-state index in [1.807, 2.05) is 0 Å². The molecule has 0 bridgehead atoms. The van der Waals surface area contributed by atoms with Crippen LogP contribution < -0.4 is 15.4 Å². The zero-order chi connectivity index (χ0) is 23.1. The van der Waals surface area contributed by atoms with Crippen molar-refractivity contribution in [1.29, 1.82) is 0 Å². The van der Waals surface area contributed by atoms with Crippen LogP contribution in [0.15, 0.2) is 48.5 Å². The Hall–Kier alpha value is -3.47. The number of hydrogen-bond donors (Lipinski definition) is 3. The minimum atomic E-state index is -4.84. The van der Waals surface area contributed by atoms with Crippen molar-refractivity contribution < 1.29 is 31.8 Å². The number of aromatic nitrogens is 2. The highest BCUT2D eigenvalue weighted by molar-refractivity contribution is 5.66. The van der Waals surface area contributed by atoms with Gasteiger partial charge in [0.15, 0.2) is 0 Å². The van der Waals surface area contributed by atoms with Crippen molar-refractivity contribution in [3.05, 3.63) is 65.7 Å². The van der Waals surface area contributed by atoms with Crippen LogP contribution in [0.25, 0.3) is 11.3 Å². The lowest BCUT2D eigenvalue weighted by Crippen LogP contribution is -2.17.